The molecule has 138 valence electrons. The van der Waals surface area contributed by atoms with Crippen LogP contribution in [0, 0.1) is 0 Å². The molecule has 2 rings (SSSR count). The third-order valence-corrected chi connectivity index (χ3v) is 4.39. The number of nitrogens with one attached hydrogen (secondary N) is 1. The first-order valence-electron chi connectivity index (χ1n) is 8.57. The van der Waals surface area contributed by atoms with Crippen molar-refractivity contribution in [3.8, 4) is 5.75 Å². The molecule has 0 saturated carbocycles. The lowest BCUT2D eigenvalue weighted by molar-refractivity contribution is -0.142. The number of halogens is 2. The summed E-state index contributed by atoms with van der Waals surface area (Å²) >= 11 is 0. The van der Waals surface area contributed by atoms with Crippen LogP contribution in [0.25, 0.3) is 0 Å². The van der Waals surface area contributed by atoms with E-state index in [4.69, 9.17) is 0 Å². The standard InChI is InChI=1S/C18H24F2N2O3/c1-3-16(23)22-11-5-4-6-15(22)17(24)21-12(2)13-7-9-14(10-8-13)25-18(19)20/h7-10,12,15,18H,3-6,11H2,1-2H3,(H,21,24)/t12-,15+/m1/s1. The smallest absolute Gasteiger partial charge is 0.387 e. The molecule has 0 aliphatic carbocycles. The summed E-state index contributed by atoms with van der Waals surface area (Å²) in [6.45, 7) is 1.35. The molecule has 7 heteroatoms. The van der Waals surface area contributed by atoms with Crippen LogP contribution < -0.4 is 10.1 Å². The number of nitrogens with zero attached hydrogens (tertiary/aromatic N) is 1. The summed E-state index contributed by atoms with van der Waals surface area (Å²) in [7, 11) is 0. The molecule has 2 atom stereocenters. The molecule has 5 nitrogen and oxygen atoms in total. The van der Waals surface area contributed by atoms with Crippen molar-refractivity contribution in [1.29, 1.82) is 0 Å². The fourth-order valence-corrected chi connectivity index (χ4v) is 3.04. The van der Waals surface area contributed by atoms with E-state index in [-0.39, 0.29) is 23.6 Å². The topological polar surface area (TPSA) is 58.6 Å². The molecule has 0 radical (unpaired) electrons. The van der Waals surface area contributed by atoms with Crippen molar-refractivity contribution in [2.75, 3.05) is 6.54 Å². The van der Waals surface area contributed by atoms with Crippen LogP contribution in [-0.2, 0) is 9.59 Å². The maximum atomic E-state index is 12.6. The molecule has 1 aliphatic rings. The molecule has 0 bridgehead atoms. The van der Waals surface area contributed by atoms with Gasteiger partial charge in [0.1, 0.15) is 11.8 Å². The lowest BCUT2D eigenvalue weighted by Crippen LogP contribution is -2.52. The lowest BCUT2D eigenvalue weighted by Gasteiger charge is -2.35. The third-order valence-electron chi connectivity index (χ3n) is 4.39. The summed E-state index contributed by atoms with van der Waals surface area (Å²) < 4.78 is 28.7. The number of piperidine rings is 1. The summed E-state index contributed by atoms with van der Waals surface area (Å²) in [5.41, 5.74) is 0.777. The van der Waals surface area contributed by atoms with Crippen molar-refractivity contribution >= 4 is 11.8 Å². The second-order valence-electron chi connectivity index (χ2n) is 6.13. The van der Waals surface area contributed by atoms with E-state index in [1.807, 2.05) is 6.92 Å². The Bertz CT molecular complexity index is 592. The number of carbonyl (C=O) groups excluding carboxylic acids is 2. The van der Waals surface area contributed by atoms with Crippen LogP contribution in [0.1, 0.15) is 51.1 Å². The number of hydrogen-bond donors (Lipinski definition) is 1. The van der Waals surface area contributed by atoms with Crippen molar-refractivity contribution in [3.05, 3.63) is 29.8 Å². The van der Waals surface area contributed by atoms with E-state index in [0.717, 1.165) is 18.4 Å². The molecule has 1 fully saturated rings. The van der Waals surface area contributed by atoms with E-state index in [0.29, 0.717) is 19.4 Å². The minimum Gasteiger partial charge on any atom is -0.435 e. The van der Waals surface area contributed by atoms with Crippen LogP contribution >= 0.6 is 0 Å². The molecule has 0 unspecified atom stereocenters. The van der Waals surface area contributed by atoms with Gasteiger partial charge in [-0.2, -0.15) is 8.78 Å². The highest BCUT2D eigenvalue weighted by molar-refractivity contribution is 5.88. The van der Waals surface area contributed by atoms with Crippen molar-refractivity contribution in [2.45, 2.75) is 58.2 Å². The molecule has 2 amide bonds. The van der Waals surface area contributed by atoms with Gasteiger partial charge in [0.25, 0.3) is 0 Å². The minimum absolute atomic E-state index is 0.0130. The van der Waals surface area contributed by atoms with Gasteiger partial charge in [-0.3, -0.25) is 9.59 Å². The van der Waals surface area contributed by atoms with E-state index in [1.165, 1.54) is 12.1 Å². The van der Waals surface area contributed by atoms with Crippen molar-refractivity contribution in [2.24, 2.45) is 0 Å². The Labute approximate surface area is 146 Å². The van der Waals surface area contributed by atoms with E-state index in [1.54, 1.807) is 24.0 Å². The molecule has 0 spiro atoms. The minimum atomic E-state index is -2.86. The predicted molar refractivity (Wildman–Crippen MR) is 89.3 cm³/mol. The number of ether oxygens (including phenoxy) is 1. The molecule has 0 aromatic heterocycles. The van der Waals surface area contributed by atoms with Crippen LogP contribution in [0.15, 0.2) is 24.3 Å². The quantitative estimate of drug-likeness (QED) is 0.853. The van der Waals surface area contributed by atoms with Gasteiger partial charge < -0.3 is 15.0 Å². The fraction of sp³-hybridized carbons (Fsp3) is 0.556. The predicted octanol–water partition coefficient (Wildman–Crippen LogP) is 3.26. The summed E-state index contributed by atoms with van der Waals surface area (Å²) in [4.78, 5) is 26.3. The zero-order valence-electron chi connectivity index (χ0n) is 14.5. The fourth-order valence-electron chi connectivity index (χ4n) is 3.04. The van der Waals surface area contributed by atoms with Gasteiger partial charge in [-0.25, -0.2) is 0 Å². The highest BCUT2D eigenvalue weighted by atomic mass is 19.3. The van der Waals surface area contributed by atoms with Gasteiger partial charge in [-0.05, 0) is 43.9 Å². The molecule has 1 saturated heterocycles. The number of rotatable bonds is 6. The second kappa shape index (κ2) is 8.78. The Morgan fingerprint density at radius 2 is 1.96 bits per heavy atom. The Morgan fingerprint density at radius 3 is 2.56 bits per heavy atom. The molecular weight excluding hydrogens is 330 g/mol. The first-order valence-corrected chi connectivity index (χ1v) is 8.57. The molecular formula is C18H24F2N2O3. The number of amides is 2. The van der Waals surface area contributed by atoms with Crippen LogP contribution in [0.5, 0.6) is 5.75 Å². The molecule has 1 N–H and O–H groups in total. The second-order valence-corrected chi connectivity index (χ2v) is 6.13. The van der Waals surface area contributed by atoms with Crippen molar-refractivity contribution in [1.82, 2.24) is 10.2 Å². The lowest BCUT2D eigenvalue weighted by atomic mass is 10.00. The van der Waals surface area contributed by atoms with E-state index in [2.05, 4.69) is 10.1 Å². The number of likely N-dealkylation sites (tertiary alicyclic amines) is 1. The molecule has 1 aromatic rings. The number of benzene rings is 1. The third kappa shape index (κ3) is 5.14. The molecule has 25 heavy (non-hydrogen) atoms. The van der Waals surface area contributed by atoms with Gasteiger partial charge >= 0.3 is 6.61 Å². The Kier molecular flexibility index (Phi) is 6.73. The number of carbonyl (C=O) groups is 2. The van der Waals surface area contributed by atoms with Crippen LogP contribution in [-0.4, -0.2) is 35.9 Å². The summed E-state index contributed by atoms with van der Waals surface area (Å²) in [5.74, 6) is -0.118. The van der Waals surface area contributed by atoms with Gasteiger partial charge in [-0.1, -0.05) is 19.1 Å². The first-order chi connectivity index (χ1) is 11.9. The highest BCUT2D eigenvalue weighted by Gasteiger charge is 2.31. The monoisotopic (exact) mass is 354 g/mol. The Morgan fingerprint density at radius 1 is 1.28 bits per heavy atom. The first kappa shape index (κ1) is 19.1. The largest absolute Gasteiger partial charge is 0.435 e. The SMILES string of the molecule is CCC(=O)N1CCCC[C@H]1C(=O)N[C@H](C)c1ccc(OC(F)F)cc1. The van der Waals surface area contributed by atoms with Gasteiger partial charge in [0.05, 0.1) is 6.04 Å². The molecule has 1 aromatic carbocycles. The van der Waals surface area contributed by atoms with Gasteiger partial charge in [0.2, 0.25) is 11.8 Å². The van der Waals surface area contributed by atoms with Crippen LogP contribution in [0.3, 0.4) is 0 Å². The van der Waals surface area contributed by atoms with Gasteiger partial charge in [-0.15, -0.1) is 0 Å². The van der Waals surface area contributed by atoms with E-state index >= 15 is 0 Å². The van der Waals surface area contributed by atoms with E-state index in [9.17, 15) is 18.4 Å². The zero-order chi connectivity index (χ0) is 18.4. The highest BCUT2D eigenvalue weighted by Crippen LogP contribution is 2.22. The van der Waals surface area contributed by atoms with Gasteiger partial charge in [0.15, 0.2) is 0 Å². The zero-order valence-corrected chi connectivity index (χ0v) is 14.5. The number of alkyl halides is 2. The Balaban J connectivity index is 1.99. The van der Waals surface area contributed by atoms with Gasteiger partial charge in [0, 0.05) is 13.0 Å². The normalized spacial score (nSPS) is 18.8. The molecule has 1 aliphatic heterocycles. The van der Waals surface area contributed by atoms with E-state index < -0.39 is 12.7 Å². The maximum absolute atomic E-state index is 12.6. The summed E-state index contributed by atoms with van der Waals surface area (Å²) in [6, 6.07) is 5.42. The van der Waals surface area contributed by atoms with Crippen molar-refractivity contribution < 1.29 is 23.1 Å². The summed E-state index contributed by atoms with van der Waals surface area (Å²) in [6.07, 6.45) is 2.87. The average Bonchev–Trinajstić information content (AvgIpc) is 2.61. The maximum Gasteiger partial charge on any atom is 0.387 e. The summed E-state index contributed by atoms with van der Waals surface area (Å²) in [5, 5.41) is 2.91. The van der Waals surface area contributed by atoms with Crippen LogP contribution in [0.2, 0.25) is 0 Å². The molecule has 1 heterocycles. The average molecular weight is 354 g/mol. The number of hydrogen-bond acceptors (Lipinski definition) is 3. The van der Waals surface area contributed by atoms with Crippen molar-refractivity contribution in [3.63, 3.8) is 0 Å². The Hall–Kier alpha value is -2.18. The van der Waals surface area contributed by atoms with Crippen LogP contribution in [0.4, 0.5) is 8.78 Å².